The Bertz CT molecular complexity index is 640. The molecule has 0 bridgehead atoms. The molecule has 8 nitrogen and oxygen atoms in total. The number of hydrogen-bond donors (Lipinski definition) is 1. The SMILES string of the molecule is Cc1nn(C)cc1CN1CC(n2cc(C(=O)O)nn2)C1. The highest BCUT2D eigenvalue weighted by Crippen LogP contribution is 2.23. The lowest BCUT2D eigenvalue weighted by Crippen LogP contribution is -2.47. The number of carboxylic acids is 1. The number of carbonyl (C=O) groups is 1. The molecule has 3 rings (SSSR count). The molecule has 8 heteroatoms. The Morgan fingerprint density at radius 2 is 2.20 bits per heavy atom. The van der Waals surface area contributed by atoms with Gasteiger partial charge >= 0.3 is 5.97 Å². The van der Waals surface area contributed by atoms with Crippen molar-refractivity contribution in [1.82, 2.24) is 29.7 Å². The molecule has 1 saturated heterocycles. The summed E-state index contributed by atoms with van der Waals surface area (Å²) in [4.78, 5) is 13.0. The van der Waals surface area contributed by atoms with E-state index in [0.717, 1.165) is 25.3 Å². The van der Waals surface area contributed by atoms with Gasteiger partial charge in [-0.25, -0.2) is 9.48 Å². The van der Waals surface area contributed by atoms with Crippen molar-refractivity contribution in [3.63, 3.8) is 0 Å². The second-order valence-corrected chi connectivity index (χ2v) is 5.15. The van der Waals surface area contributed by atoms with Gasteiger partial charge in [-0.15, -0.1) is 5.10 Å². The van der Waals surface area contributed by atoms with Crippen molar-refractivity contribution in [3.8, 4) is 0 Å². The minimum absolute atomic E-state index is 0.00782. The van der Waals surface area contributed by atoms with Crippen LogP contribution in [0.4, 0.5) is 0 Å². The fraction of sp³-hybridized carbons (Fsp3) is 0.500. The minimum atomic E-state index is -1.04. The van der Waals surface area contributed by atoms with Gasteiger partial charge in [0.2, 0.25) is 0 Å². The van der Waals surface area contributed by atoms with Gasteiger partial charge in [0.25, 0.3) is 0 Å². The van der Waals surface area contributed by atoms with Crippen LogP contribution >= 0.6 is 0 Å². The number of aromatic nitrogens is 5. The summed E-state index contributed by atoms with van der Waals surface area (Å²) in [5.41, 5.74) is 2.26. The quantitative estimate of drug-likeness (QED) is 0.850. The molecular weight excluding hydrogens is 260 g/mol. The summed E-state index contributed by atoms with van der Waals surface area (Å²) < 4.78 is 3.45. The first-order valence-corrected chi connectivity index (χ1v) is 6.39. The van der Waals surface area contributed by atoms with Crippen LogP contribution in [-0.4, -0.2) is 53.8 Å². The maximum atomic E-state index is 10.8. The molecule has 20 heavy (non-hydrogen) atoms. The number of likely N-dealkylation sites (tertiary alicyclic amines) is 1. The van der Waals surface area contributed by atoms with Gasteiger partial charge in [0.05, 0.1) is 17.9 Å². The molecule has 0 radical (unpaired) electrons. The molecule has 0 unspecified atom stereocenters. The predicted molar refractivity (Wildman–Crippen MR) is 69.2 cm³/mol. The number of hydrogen-bond acceptors (Lipinski definition) is 5. The van der Waals surface area contributed by atoms with E-state index in [1.165, 1.54) is 11.8 Å². The molecule has 0 spiro atoms. The van der Waals surface area contributed by atoms with E-state index in [1.807, 2.05) is 24.9 Å². The van der Waals surface area contributed by atoms with E-state index in [-0.39, 0.29) is 11.7 Å². The molecule has 2 aromatic rings. The first kappa shape index (κ1) is 12.8. The van der Waals surface area contributed by atoms with Crippen molar-refractivity contribution < 1.29 is 9.90 Å². The summed E-state index contributed by atoms with van der Waals surface area (Å²) >= 11 is 0. The largest absolute Gasteiger partial charge is 0.476 e. The lowest BCUT2D eigenvalue weighted by atomic mass is 10.1. The number of carboxylic acid groups (broad SMARTS) is 1. The van der Waals surface area contributed by atoms with E-state index in [9.17, 15) is 4.79 Å². The molecule has 1 aliphatic rings. The van der Waals surface area contributed by atoms with Crippen molar-refractivity contribution in [2.45, 2.75) is 19.5 Å². The highest BCUT2D eigenvalue weighted by atomic mass is 16.4. The molecule has 1 fully saturated rings. The normalized spacial score (nSPS) is 16.3. The van der Waals surface area contributed by atoms with Crippen LogP contribution in [0.2, 0.25) is 0 Å². The Morgan fingerprint density at radius 3 is 2.75 bits per heavy atom. The van der Waals surface area contributed by atoms with Crippen LogP contribution in [0, 0.1) is 6.92 Å². The molecule has 0 aromatic carbocycles. The zero-order valence-electron chi connectivity index (χ0n) is 11.4. The first-order chi connectivity index (χ1) is 9.52. The third kappa shape index (κ3) is 2.29. The smallest absolute Gasteiger partial charge is 0.358 e. The first-order valence-electron chi connectivity index (χ1n) is 6.39. The third-order valence-electron chi connectivity index (χ3n) is 3.55. The molecule has 0 atom stereocenters. The molecule has 1 N–H and O–H groups in total. The number of rotatable bonds is 4. The van der Waals surface area contributed by atoms with Gasteiger partial charge in [0, 0.05) is 38.4 Å². The van der Waals surface area contributed by atoms with E-state index >= 15 is 0 Å². The second kappa shape index (κ2) is 4.71. The van der Waals surface area contributed by atoms with Crippen LogP contribution in [0.25, 0.3) is 0 Å². The average molecular weight is 276 g/mol. The van der Waals surface area contributed by atoms with E-state index < -0.39 is 5.97 Å². The fourth-order valence-corrected chi connectivity index (χ4v) is 2.44. The molecule has 0 saturated carbocycles. The van der Waals surface area contributed by atoms with Gasteiger partial charge in [0.1, 0.15) is 0 Å². The molecule has 0 amide bonds. The van der Waals surface area contributed by atoms with Crippen molar-refractivity contribution in [3.05, 3.63) is 29.3 Å². The van der Waals surface area contributed by atoms with Crippen molar-refractivity contribution >= 4 is 5.97 Å². The van der Waals surface area contributed by atoms with E-state index in [2.05, 4.69) is 20.3 Å². The molecule has 3 heterocycles. The van der Waals surface area contributed by atoms with Gasteiger partial charge in [-0.2, -0.15) is 5.10 Å². The summed E-state index contributed by atoms with van der Waals surface area (Å²) in [5.74, 6) is -1.04. The number of aromatic carboxylic acids is 1. The van der Waals surface area contributed by atoms with Gasteiger partial charge in [0.15, 0.2) is 5.69 Å². The average Bonchev–Trinajstić information content (AvgIpc) is 2.90. The van der Waals surface area contributed by atoms with Crippen molar-refractivity contribution in [1.29, 1.82) is 0 Å². The standard InChI is InChI=1S/C12H16N6O2/c1-8-9(3-16(2)14-8)4-17-5-10(6-17)18-7-11(12(19)20)13-15-18/h3,7,10H,4-6H2,1-2H3,(H,19,20). The lowest BCUT2D eigenvalue weighted by molar-refractivity contribution is 0.0690. The monoisotopic (exact) mass is 276 g/mol. The molecule has 2 aromatic heterocycles. The van der Waals surface area contributed by atoms with E-state index in [1.54, 1.807) is 4.68 Å². The molecule has 106 valence electrons. The van der Waals surface area contributed by atoms with Crippen LogP contribution < -0.4 is 0 Å². The predicted octanol–water partition coefficient (Wildman–Crippen LogP) is 0.0751. The highest BCUT2D eigenvalue weighted by molar-refractivity contribution is 5.84. The summed E-state index contributed by atoms with van der Waals surface area (Å²) in [7, 11) is 1.91. The van der Waals surface area contributed by atoms with Crippen molar-refractivity contribution in [2.24, 2.45) is 7.05 Å². The number of nitrogens with zero attached hydrogens (tertiary/aromatic N) is 6. The minimum Gasteiger partial charge on any atom is -0.476 e. The Morgan fingerprint density at radius 1 is 1.45 bits per heavy atom. The fourth-order valence-electron chi connectivity index (χ4n) is 2.44. The Hall–Kier alpha value is -2.22. The topological polar surface area (TPSA) is 89.1 Å². The van der Waals surface area contributed by atoms with Crippen LogP contribution in [0.15, 0.2) is 12.4 Å². The maximum absolute atomic E-state index is 10.8. The van der Waals surface area contributed by atoms with Crippen LogP contribution in [0.3, 0.4) is 0 Å². The van der Waals surface area contributed by atoms with E-state index in [0.29, 0.717) is 0 Å². The summed E-state index contributed by atoms with van der Waals surface area (Å²) in [6.07, 6.45) is 3.51. The maximum Gasteiger partial charge on any atom is 0.358 e. The Balaban J connectivity index is 1.58. The summed E-state index contributed by atoms with van der Waals surface area (Å²) in [5, 5.41) is 20.6. The molecule has 1 aliphatic heterocycles. The van der Waals surface area contributed by atoms with Crippen LogP contribution in [0.1, 0.15) is 27.8 Å². The Kier molecular flexibility index (Phi) is 3.01. The third-order valence-corrected chi connectivity index (χ3v) is 3.55. The van der Waals surface area contributed by atoms with Crippen molar-refractivity contribution in [2.75, 3.05) is 13.1 Å². The Labute approximate surface area is 115 Å². The lowest BCUT2D eigenvalue weighted by Gasteiger charge is -2.38. The molecular formula is C12H16N6O2. The zero-order valence-corrected chi connectivity index (χ0v) is 11.4. The number of aryl methyl sites for hydroxylation is 2. The zero-order chi connectivity index (χ0) is 14.3. The summed E-state index contributed by atoms with van der Waals surface area (Å²) in [6, 6.07) is 0.201. The van der Waals surface area contributed by atoms with Crippen LogP contribution in [0.5, 0.6) is 0 Å². The summed E-state index contributed by atoms with van der Waals surface area (Å²) in [6.45, 7) is 4.55. The van der Waals surface area contributed by atoms with E-state index in [4.69, 9.17) is 5.11 Å². The van der Waals surface area contributed by atoms with Gasteiger partial charge < -0.3 is 5.11 Å². The van der Waals surface area contributed by atoms with Gasteiger partial charge in [-0.1, -0.05) is 5.21 Å². The van der Waals surface area contributed by atoms with Gasteiger partial charge in [-0.05, 0) is 6.92 Å². The highest BCUT2D eigenvalue weighted by Gasteiger charge is 2.30. The molecule has 0 aliphatic carbocycles. The van der Waals surface area contributed by atoms with Gasteiger partial charge in [-0.3, -0.25) is 9.58 Å². The van der Waals surface area contributed by atoms with Crippen LogP contribution in [-0.2, 0) is 13.6 Å². The second-order valence-electron chi connectivity index (χ2n) is 5.15.